The van der Waals surface area contributed by atoms with Crippen LogP contribution in [0.3, 0.4) is 0 Å². The average Bonchev–Trinajstić information content (AvgIpc) is 2.33. The molecule has 1 rings (SSSR count). The lowest BCUT2D eigenvalue weighted by Crippen LogP contribution is -2.29. The third-order valence-corrected chi connectivity index (χ3v) is 2.31. The van der Waals surface area contributed by atoms with Crippen molar-refractivity contribution in [2.45, 2.75) is 25.7 Å². The third kappa shape index (κ3) is 3.18. The molecule has 0 atom stereocenters. The smallest absolute Gasteiger partial charge is 0.169 e. The van der Waals surface area contributed by atoms with Gasteiger partial charge in [0.2, 0.25) is 0 Å². The van der Waals surface area contributed by atoms with Gasteiger partial charge in [0.15, 0.2) is 5.78 Å². The number of carbonyl (C=O) groups excluding carboxylic acids is 1. The molecular formula is C10H17NO. The van der Waals surface area contributed by atoms with Crippen molar-refractivity contribution in [2.24, 2.45) is 0 Å². The Morgan fingerprint density at radius 2 is 1.83 bits per heavy atom. The maximum absolute atomic E-state index is 11.0. The van der Waals surface area contributed by atoms with E-state index in [1.165, 1.54) is 31.8 Å². The highest BCUT2D eigenvalue weighted by atomic mass is 16.1. The third-order valence-electron chi connectivity index (χ3n) is 2.31. The summed E-state index contributed by atoms with van der Waals surface area (Å²) in [6.07, 6.45) is 6.54. The molecule has 0 amide bonds. The Kier molecular flexibility index (Phi) is 4.01. The van der Waals surface area contributed by atoms with Gasteiger partial charge in [0.1, 0.15) is 0 Å². The van der Waals surface area contributed by atoms with E-state index in [-0.39, 0.29) is 5.78 Å². The lowest BCUT2D eigenvalue weighted by Gasteiger charge is -2.17. The first kappa shape index (κ1) is 9.46. The second kappa shape index (κ2) is 5.09. The van der Waals surface area contributed by atoms with Crippen molar-refractivity contribution in [3.05, 3.63) is 12.7 Å². The summed E-state index contributed by atoms with van der Waals surface area (Å²) < 4.78 is 0. The molecule has 1 fully saturated rings. The number of hydrogen-bond donors (Lipinski definition) is 0. The predicted molar refractivity (Wildman–Crippen MR) is 50.1 cm³/mol. The molecule has 0 N–H and O–H groups in total. The number of ketones is 1. The van der Waals surface area contributed by atoms with Gasteiger partial charge >= 0.3 is 0 Å². The van der Waals surface area contributed by atoms with Gasteiger partial charge in [-0.25, -0.2) is 0 Å². The van der Waals surface area contributed by atoms with Crippen molar-refractivity contribution in [1.29, 1.82) is 0 Å². The van der Waals surface area contributed by atoms with Crippen molar-refractivity contribution in [3.8, 4) is 0 Å². The van der Waals surface area contributed by atoms with Gasteiger partial charge in [-0.1, -0.05) is 19.4 Å². The van der Waals surface area contributed by atoms with E-state index >= 15 is 0 Å². The Balaban J connectivity index is 2.29. The minimum Gasteiger partial charge on any atom is -0.296 e. The summed E-state index contributed by atoms with van der Waals surface area (Å²) in [4.78, 5) is 13.3. The standard InChI is InChI=1S/C10H17NO/c1-2-10(12)9-11-7-5-3-4-6-8-11/h2H,1,3-9H2. The number of nitrogens with zero attached hydrogens (tertiary/aromatic N) is 1. The van der Waals surface area contributed by atoms with Gasteiger partial charge in [0.05, 0.1) is 6.54 Å². The van der Waals surface area contributed by atoms with Crippen LogP contribution in [0, 0.1) is 0 Å². The first-order valence-corrected chi connectivity index (χ1v) is 4.70. The molecule has 0 aliphatic carbocycles. The van der Waals surface area contributed by atoms with Crippen LogP contribution in [-0.4, -0.2) is 30.3 Å². The van der Waals surface area contributed by atoms with Gasteiger partial charge in [-0.15, -0.1) is 0 Å². The van der Waals surface area contributed by atoms with Crippen LogP contribution in [0.2, 0.25) is 0 Å². The summed E-state index contributed by atoms with van der Waals surface area (Å²) in [5.41, 5.74) is 0. The molecule has 68 valence electrons. The molecule has 0 aromatic rings. The summed E-state index contributed by atoms with van der Waals surface area (Å²) in [7, 11) is 0. The molecule has 12 heavy (non-hydrogen) atoms. The second-order valence-electron chi connectivity index (χ2n) is 3.36. The summed E-state index contributed by atoms with van der Waals surface area (Å²) in [6, 6.07) is 0. The van der Waals surface area contributed by atoms with Gasteiger partial charge in [-0.2, -0.15) is 0 Å². The molecule has 2 heteroatoms. The van der Waals surface area contributed by atoms with Gasteiger partial charge < -0.3 is 0 Å². The molecule has 1 aliphatic rings. The van der Waals surface area contributed by atoms with Crippen molar-refractivity contribution >= 4 is 5.78 Å². The zero-order valence-electron chi connectivity index (χ0n) is 7.59. The van der Waals surface area contributed by atoms with E-state index in [1.807, 2.05) is 0 Å². The van der Waals surface area contributed by atoms with Crippen molar-refractivity contribution in [2.75, 3.05) is 19.6 Å². The molecule has 1 heterocycles. The van der Waals surface area contributed by atoms with E-state index in [2.05, 4.69) is 11.5 Å². The highest BCUT2D eigenvalue weighted by Crippen LogP contribution is 2.08. The van der Waals surface area contributed by atoms with Crippen molar-refractivity contribution in [1.82, 2.24) is 4.90 Å². The lowest BCUT2D eigenvalue weighted by atomic mass is 10.2. The van der Waals surface area contributed by atoms with Crippen LogP contribution in [-0.2, 0) is 4.79 Å². The Hall–Kier alpha value is -0.630. The second-order valence-corrected chi connectivity index (χ2v) is 3.36. The molecule has 0 spiro atoms. The molecule has 2 nitrogen and oxygen atoms in total. The summed E-state index contributed by atoms with van der Waals surface area (Å²) in [5, 5.41) is 0. The fraction of sp³-hybridized carbons (Fsp3) is 0.700. The summed E-state index contributed by atoms with van der Waals surface area (Å²) in [5.74, 6) is 0.150. The zero-order chi connectivity index (χ0) is 8.81. The molecule has 1 aliphatic heterocycles. The fourth-order valence-corrected chi connectivity index (χ4v) is 1.58. The van der Waals surface area contributed by atoms with Crippen LogP contribution in [0.25, 0.3) is 0 Å². The van der Waals surface area contributed by atoms with Crippen LogP contribution in [0.5, 0.6) is 0 Å². The van der Waals surface area contributed by atoms with E-state index in [1.54, 1.807) is 0 Å². The molecule has 0 aromatic heterocycles. The normalized spacial score (nSPS) is 20.0. The first-order chi connectivity index (χ1) is 5.83. The van der Waals surface area contributed by atoms with Gasteiger partial charge in [-0.05, 0) is 32.0 Å². The van der Waals surface area contributed by atoms with Gasteiger partial charge in [0, 0.05) is 0 Å². The van der Waals surface area contributed by atoms with Crippen LogP contribution < -0.4 is 0 Å². The van der Waals surface area contributed by atoms with Crippen LogP contribution in [0.4, 0.5) is 0 Å². The number of carbonyl (C=O) groups is 1. The first-order valence-electron chi connectivity index (χ1n) is 4.70. The monoisotopic (exact) mass is 167 g/mol. The van der Waals surface area contributed by atoms with E-state index in [0.29, 0.717) is 6.54 Å². The molecule has 0 bridgehead atoms. The summed E-state index contributed by atoms with van der Waals surface area (Å²) in [6.45, 7) is 6.21. The number of likely N-dealkylation sites (tertiary alicyclic amines) is 1. The predicted octanol–water partition coefficient (Wildman–Crippen LogP) is 1.62. The largest absolute Gasteiger partial charge is 0.296 e. The van der Waals surface area contributed by atoms with Gasteiger partial charge in [-0.3, -0.25) is 9.69 Å². The molecule has 0 radical (unpaired) electrons. The molecule has 0 saturated carbocycles. The van der Waals surface area contributed by atoms with Crippen LogP contribution in [0.15, 0.2) is 12.7 Å². The molecular weight excluding hydrogens is 150 g/mol. The highest BCUT2D eigenvalue weighted by molar-refractivity contribution is 5.90. The topological polar surface area (TPSA) is 20.3 Å². The lowest BCUT2D eigenvalue weighted by molar-refractivity contribution is -0.115. The zero-order valence-corrected chi connectivity index (χ0v) is 7.59. The Morgan fingerprint density at radius 1 is 1.25 bits per heavy atom. The van der Waals surface area contributed by atoms with E-state index in [9.17, 15) is 4.79 Å². The summed E-state index contributed by atoms with van der Waals surface area (Å²) >= 11 is 0. The van der Waals surface area contributed by atoms with E-state index in [4.69, 9.17) is 0 Å². The Morgan fingerprint density at radius 3 is 2.33 bits per heavy atom. The number of rotatable bonds is 3. The molecule has 0 unspecified atom stereocenters. The van der Waals surface area contributed by atoms with E-state index < -0.39 is 0 Å². The number of hydrogen-bond acceptors (Lipinski definition) is 2. The van der Waals surface area contributed by atoms with Crippen molar-refractivity contribution < 1.29 is 4.79 Å². The fourth-order valence-electron chi connectivity index (χ4n) is 1.58. The minimum absolute atomic E-state index is 0.150. The minimum atomic E-state index is 0.150. The van der Waals surface area contributed by atoms with Crippen molar-refractivity contribution in [3.63, 3.8) is 0 Å². The maximum atomic E-state index is 11.0. The van der Waals surface area contributed by atoms with Crippen LogP contribution in [0.1, 0.15) is 25.7 Å². The Bertz CT molecular complexity index is 157. The highest BCUT2D eigenvalue weighted by Gasteiger charge is 2.10. The molecule has 0 aromatic carbocycles. The molecule has 1 saturated heterocycles. The Labute approximate surface area is 74.2 Å². The van der Waals surface area contributed by atoms with Gasteiger partial charge in [0.25, 0.3) is 0 Å². The average molecular weight is 167 g/mol. The van der Waals surface area contributed by atoms with E-state index in [0.717, 1.165) is 13.1 Å². The van der Waals surface area contributed by atoms with Crippen LogP contribution >= 0.6 is 0 Å². The maximum Gasteiger partial charge on any atom is 0.169 e. The quantitative estimate of drug-likeness (QED) is 0.595. The SMILES string of the molecule is C=CC(=O)CN1CCCCCC1.